The highest BCUT2D eigenvalue weighted by atomic mass is 16.5. The van der Waals surface area contributed by atoms with Crippen molar-refractivity contribution in [1.82, 2.24) is 9.78 Å². The third kappa shape index (κ3) is 4.37. The molecule has 0 spiro atoms. The molecule has 0 saturated heterocycles. The van der Waals surface area contributed by atoms with Crippen molar-refractivity contribution in [2.75, 3.05) is 23.9 Å². The number of aryl methyl sites for hydroxylation is 1. The van der Waals surface area contributed by atoms with Crippen LogP contribution in [0.2, 0.25) is 0 Å². The molecule has 5 aromatic rings. The topological polar surface area (TPSA) is 76.3 Å². The van der Waals surface area contributed by atoms with E-state index in [-0.39, 0.29) is 6.04 Å². The van der Waals surface area contributed by atoms with Gasteiger partial charge in [0.25, 0.3) is 0 Å². The third-order valence-electron chi connectivity index (χ3n) is 7.50. The number of benzene rings is 4. The number of anilines is 2. The lowest BCUT2D eigenvalue weighted by Crippen LogP contribution is -2.46. The van der Waals surface area contributed by atoms with Gasteiger partial charge >= 0.3 is 0 Å². The minimum absolute atomic E-state index is 0.204. The summed E-state index contributed by atoms with van der Waals surface area (Å²) in [5.41, 5.74) is 6.73. The Balaban J connectivity index is 1.44. The van der Waals surface area contributed by atoms with Crippen LogP contribution >= 0.6 is 0 Å². The highest BCUT2D eigenvalue weighted by molar-refractivity contribution is 6.51. The minimum atomic E-state index is -0.204. The Bertz CT molecular complexity index is 1810. The molecule has 0 aliphatic carbocycles. The Morgan fingerprint density at radius 3 is 2.26 bits per heavy atom. The van der Waals surface area contributed by atoms with Crippen LogP contribution in [0, 0.1) is 6.92 Å². The average Bonchev–Trinajstić information content (AvgIpc) is 3.37. The Morgan fingerprint density at radius 2 is 1.52 bits per heavy atom. The van der Waals surface area contributed by atoms with Gasteiger partial charge in [-0.15, -0.1) is 0 Å². The molecule has 2 aliphatic heterocycles. The first-order valence-electron chi connectivity index (χ1n) is 14.0. The second-order valence-electron chi connectivity index (χ2n) is 10.1. The first-order valence-corrected chi connectivity index (χ1v) is 14.0. The quantitative estimate of drug-likeness (QED) is 0.237. The number of rotatable bonds is 6. The van der Waals surface area contributed by atoms with Gasteiger partial charge in [0.15, 0.2) is 17.5 Å². The van der Waals surface area contributed by atoms with Gasteiger partial charge in [-0.05, 0) is 80.1 Å². The Labute approximate surface area is 244 Å². The molecule has 1 atom stereocenters. The molecule has 7 rings (SSSR count). The summed E-state index contributed by atoms with van der Waals surface area (Å²) in [6, 6.07) is 34.2. The largest absolute Gasteiger partial charge is 0.497 e. The molecule has 8 nitrogen and oxygen atoms in total. The molecule has 0 saturated carbocycles. The van der Waals surface area contributed by atoms with E-state index >= 15 is 0 Å². The Morgan fingerprint density at radius 1 is 0.810 bits per heavy atom. The van der Waals surface area contributed by atoms with Crippen LogP contribution in [0.5, 0.6) is 11.5 Å². The van der Waals surface area contributed by atoms with E-state index in [4.69, 9.17) is 24.6 Å². The fourth-order valence-electron chi connectivity index (χ4n) is 5.59. The van der Waals surface area contributed by atoms with E-state index in [1.54, 1.807) is 7.11 Å². The van der Waals surface area contributed by atoms with Crippen molar-refractivity contribution in [3.05, 3.63) is 120 Å². The summed E-state index contributed by atoms with van der Waals surface area (Å²) in [7, 11) is 1.68. The molecule has 0 unspecified atom stereocenters. The van der Waals surface area contributed by atoms with Crippen LogP contribution in [-0.4, -0.2) is 35.2 Å². The van der Waals surface area contributed by atoms with Gasteiger partial charge in [0.2, 0.25) is 0 Å². The number of nitrogens with zero attached hydrogens (tertiary/aromatic N) is 5. The van der Waals surface area contributed by atoms with Gasteiger partial charge in [0.05, 0.1) is 42.5 Å². The fraction of sp³-hybridized carbons (Fsp3) is 0.147. The average molecular weight is 555 g/mol. The lowest BCUT2D eigenvalue weighted by atomic mass is 9.93. The summed E-state index contributed by atoms with van der Waals surface area (Å²) in [6.07, 6.45) is 0. The molecule has 3 heterocycles. The SMILES string of the molecule is CCOc1ccc(NC2=Nc3ccccc3N3C2=Nc2c(c(C)nn2-c2ccccc2)[C@@H]3c2ccc(OC)cc2)cc1. The van der Waals surface area contributed by atoms with Crippen LogP contribution in [0.3, 0.4) is 0 Å². The summed E-state index contributed by atoms with van der Waals surface area (Å²) >= 11 is 0. The van der Waals surface area contributed by atoms with Gasteiger partial charge in [0.1, 0.15) is 11.5 Å². The molecule has 0 fully saturated rings. The molecule has 42 heavy (non-hydrogen) atoms. The smallest absolute Gasteiger partial charge is 0.179 e. The number of hydrogen-bond donors (Lipinski definition) is 1. The number of hydrogen-bond acceptors (Lipinski definition) is 7. The number of aliphatic imine (C=N–C) groups is 2. The highest BCUT2D eigenvalue weighted by Crippen LogP contribution is 2.48. The highest BCUT2D eigenvalue weighted by Gasteiger charge is 2.41. The minimum Gasteiger partial charge on any atom is -0.497 e. The molecule has 2 aliphatic rings. The van der Waals surface area contributed by atoms with E-state index in [0.29, 0.717) is 18.3 Å². The zero-order valence-electron chi connectivity index (χ0n) is 23.7. The number of amidine groups is 2. The summed E-state index contributed by atoms with van der Waals surface area (Å²) in [5, 5.41) is 8.56. The van der Waals surface area contributed by atoms with E-state index in [0.717, 1.165) is 56.9 Å². The van der Waals surface area contributed by atoms with Crippen LogP contribution in [0.1, 0.15) is 29.8 Å². The zero-order chi connectivity index (χ0) is 28.6. The van der Waals surface area contributed by atoms with E-state index in [2.05, 4.69) is 35.3 Å². The summed E-state index contributed by atoms with van der Waals surface area (Å²) in [5.74, 6) is 3.78. The summed E-state index contributed by atoms with van der Waals surface area (Å²) in [4.78, 5) is 12.6. The first kappa shape index (κ1) is 25.6. The first-order chi connectivity index (χ1) is 20.6. The van der Waals surface area contributed by atoms with Crippen LogP contribution in [-0.2, 0) is 0 Å². The maximum Gasteiger partial charge on any atom is 0.179 e. The monoisotopic (exact) mass is 554 g/mol. The number of ether oxygens (including phenoxy) is 2. The van der Waals surface area contributed by atoms with E-state index in [9.17, 15) is 0 Å². The second-order valence-corrected chi connectivity index (χ2v) is 10.1. The number of para-hydroxylation sites is 3. The van der Waals surface area contributed by atoms with Crippen molar-refractivity contribution in [3.8, 4) is 17.2 Å². The number of aromatic nitrogens is 2. The predicted octanol–water partition coefficient (Wildman–Crippen LogP) is 7.38. The van der Waals surface area contributed by atoms with Crippen LogP contribution in [0.15, 0.2) is 113 Å². The van der Waals surface area contributed by atoms with Crippen molar-refractivity contribution >= 4 is 34.6 Å². The molecule has 4 aromatic carbocycles. The summed E-state index contributed by atoms with van der Waals surface area (Å²) in [6.45, 7) is 4.65. The van der Waals surface area contributed by atoms with Gasteiger partial charge in [-0.25, -0.2) is 14.7 Å². The fourth-order valence-corrected chi connectivity index (χ4v) is 5.59. The van der Waals surface area contributed by atoms with E-state index < -0.39 is 0 Å². The maximum absolute atomic E-state index is 5.65. The van der Waals surface area contributed by atoms with Crippen molar-refractivity contribution < 1.29 is 9.47 Å². The molecule has 208 valence electrons. The standard InChI is InChI=1S/C34H30N6O2/c1-4-42-27-20-16-24(17-21-27)35-32-34-37-33-30(22(2)38-40(33)25-10-6-5-7-11-25)31(23-14-18-26(41-3)19-15-23)39(34)29-13-9-8-12-28(29)36-32/h5-21,31H,4H2,1-3H3,(H,35,36)/t31-/m0/s1. The maximum atomic E-state index is 5.65. The van der Waals surface area contributed by atoms with Crippen LogP contribution in [0.4, 0.5) is 22.9 Å². The van der Waals surface area contributed by atoms with Crippen molar-refractivity contribution in [3.63, 3.8) is 0 Å². The normalized spacial score (nSPS) is 15.1. The molecular weight excluding hydrogens is 524 g/mol. The van der Waals surface area contributed by atoms with Gasteiger partial charge in [-0.3, -0.25) is 0 Å². The number of fused-ring (bicyclic) bond motifs is 4. The van der Waals surface area contributed by atoms with Crippen LogP contribution < -0.4 is 19.7 Å². The molecule has 0 bridgehead atoms. The van der Waals surface area contributed by atoms with Crippen molar-refractivity contribution in [1.29, 1.82) is 0 Å². The number of nitrogens with one attached hydrogen (secondary N) is 1. The molecule has 0 amide bonds. The molecule has 8 heteroatoms. The molecule has 0 radical (unpaired) electrons. The molecule has 1 N–H and O–H groups in total. The van der Waals surface area contributed by atoms with E-state index in [1.165, 1.54) is 0 Å². The second kappa shape index (κ2) is 10.6. The zero-order valence-corrected chi connectivity index (χ0v) is 23.7. The van der Waals surface area contributed by atoms with Crippen molar-refractivity contribution in [2.45, 2.75) is 19.9 Å². The predicted molar refractivity (Wildman–Crippen MR) is 167 cm³/mol. The third-order valence-corrected chi connectivity index (χ3v) is 7.50. The lowest BCUT2D eigenvalue weighted by Gasteiger charge is -2.40. The summed E-state index contributed by atoms with van der Waals surface area (Å²) < 4.78 is 13.1. The lowest BCUT2D eigenvalue weighted by molar-refractivity contribution is 0.340. The van der Waals surface area contributed by atoms with Gasteiger partial charge in [-0.2, -0.15) is 5.10 Å². The van der Waals surface area contributed by atoms with Gasteiger partial charge in [-0.1, -0.05) is 42.5 Å². The van der Waals surface area contributed by atoms with Crippen LogP contribution in [0.25, 0.3) is 5.69 Å². The molecular formula is C34H30N6O2. The van der Waals surface area contributed by atoms with Crippen molar-refractivity contribution in [2.24, 2.45) is 9.98 Å². The Hall–Kier alpha value is -5.37. The van der Waals surface area contributed by atoms with E-state index in [1.807, 2.05) is 96.5 Å². The Kier molecular flexibility index (Phi) is 6.43. The number of methoxy groups -OCH3 is 1. The molecule has 1 aromatic heterocycles. The van der Waals surface area contributed by atoms with Gasteiger partial charge in [0, 0.05) is 11.3 Å². The van der Waals surface area contributed by atoms with Gasteiger partial charge < -0.3 is 19.7 Å².